The minimum atomic E-state index is -0.764. The van der Waals surface area contributed by atoms with Crippen LogP contribution in [0.1, 0.15) is 44.5 Å². The lowest BCUT2D eigenvalue weighted by Gasteiger charge is -2.39. The molecule has 113 heavy (non-hydrogen) atoms. The number of rotatable bonds is 10. The van der Waals surface area contributed by atoms with Crippen molar-refractivity contribution in [2.24, 2.45) is 0 Å². The number of furan rings is 1. The molecule has 6 heterocycles. The first kappa shape index (κ1) is 63.9. The fraction of sp³-hybridized carbons (Fsp3) is 0.0194. The molecule has 4 aromatic heterocycles. The normalized spacial score (nSPS) is 14.1. The highest BCUT2D eigenvalue weighted by molar-refractivity contribution is 6.10. The molecule has 2 aliphatic carbocycles. The van der Waals surface area contributed by atoms with Gasteiger partial charge in [-0.05, 0) is 126 Å². The van der Waals surface area contributed by atoms with E-state index in [0.29, 0.717) is 40.6 Å². The summed E-state index contributed by atoms with van der Waals surface area (Å²) < 4.78 is 20.7. The molecule has 526 valence electrons. The van der Waals surface area contributed by atoms with Crippen LogP contribution >= 0.6 is 0 Å². The molecule has 19 aromatic rings. The van der Waals surface area contributed by atoms with Crippen LogP contribution < -0.4 is 9.47 Å². The van der Waals surface area contributed by atoms with E-state index in [1.807, 2.05) is 72.8 Å². The van der Waals surface area contributed by atoms with Crippen LogP contribution in [0.4, 0.5) is 0 Å². The van der Waals surface area contributed by atoms with E-state index in [0.717, 1.165) is 151 Å². The van der Waals surface area contributed by atoms with Crippen LogP contribution in [-0.4, -0.2) is 34.9 Å². The standard InChI is InChI=1S/C103H61N7O3/c1-2-24-64(25-3-1)96-105-97(65-53-49-63(50-54-65)72-35-22-36-76-75-30-11-17-44-89(75)113-95(72)76)107-99(106-96)77-31-6-4-26-69(77)68-56-58-86-93(61-68)112-91-46-19-16-41-84(91)103(86)82-39-14-10-33-79(82)94-71(34-23-42-87(94)103)62-47-51-66(52-48-62)98-108-100(110-101(109-98)88-43-20-21-59-104-88)78-32-7-5-27-70(78)67-55-57-85-92(60-67)111-90-45-18-15-40-83(90)102(85)80-37-12-8-28-73(80)74-29-9-13-38-81(74)102/h1-61H. The number of ether oxygens (including phenoxy) is 2. The van der Waals surface area contributed by atoms with Gasteiger partial charge in [0.05, 0.1) is 10.8 Å². The molecular formula is C103H61N7O3. The lowest BCUT2D eigenvalue weighted by molar-refractivity contribution is 0.436. The predicted octanol–water partition coefficient (Wildman–Crippen LogP) is 25.0. The molecule has 0 amide bonds. The molecule has 0 fully saturated rings. The molecule has 0 bridgehead atoms. The molecule has 15 aromatic carbocycles. The maximum Gasteiger partial charge on any atom is 0.182 e. The summed E-state index contributed by atoms with van der Waals surface area (Å²) in [6.45, 7) is 0. The first-order valence-corrected chi connectivity index (χ1v) is 38.1. The Labute approximate surface area is 650 Å². The van der Waals surface area contributed by atoms with E-state index in [-0.39, 0.29) is 0 Å². The van der Waals surface area contributed by atoms with Crippen LogP contribution in [0.5, 0.6) is 23.0 Å². The van der Waals surface area contributed by atoms with Crippen molar-refractivity contribution in [2.75, 3.05) is 0 Å². The zero-order chi connectivity index (χ0) is 74.3. The Kier molecular flexibility index (Phi) is 14.3. The number of benzene rings is 15. The first-order chi connectivity index (χ1) is 56.0. The van der Waals surface area contributed by atoms with Crippen molar-refractivity contribution in [2.45, 2.75) is 10.8 Å². The van der Waals surface area contributed by atoms with Gasteiger partial charge in [-0.1, -0.05) is 322 Å². The van der Waals surface area contributed by atoms with Gasteiger partial charge in [-0.15, -0.1) is 0 Å². The summed E-state index contributed by atoms with van der Waals surface area (Å²) in [6.07, 6.45) is 1.78. The lowest BCUT2D eigenvalue weighted by atomic mass is 9.66. The van der Waals surface area contributed by atoms with E-state index in [1.54, 1.807) is 6.20 Å². The van der Waals surface area contributed by atoms with Crippen LogP contribution in [-0.2, 0) is 10.8 Å². The van der Waals surface area contributed by atoms with Gasteiger partial charge in [0.1, 0.15) is 39.9 Å². The summed E-state index contributed by atoms with van der Waals surface area (Å²) in [4.78, 5) is 36.4. The maximum absolute atomic E-state index is 7.20. The lowest BCUT2D eigenvalue weighted by Crippen LogP contribution is -2.32. The van der Waals surface area contributed by atoms with Gasteiger partial charge >= 0.3 is 0 Å². The van der Waals surface area contributed by atoms with Gasteiger partial charge in [0.25, 0.3) is 0 Å². The molecule has 10 heteroatoms. The van der Waals surface area contributed by atoms with Crippen molar-refractivity contribution >= 4 is 21.9 Å². The molecular weight excluding hydrogens is 1380 g/mol. The van der Waals surface area contributed by atoms with Crippen molar-refractivity contribution in [3.05, 3.63) is 415 Å². The zero-order valence-corrected chi connectivity index (χ0v) is 60.6. The van der Waals surface area contributed by atoms with E-state index in [1.165, 1.54) is 33.4 Å². The predicted molar refractivity (Wildman–Crippen MR) is 447 cm³/mol. The largest absolute Gasteiger partial charge is 0.457 e. The second kappa shape index (κ2) is 25.2. The quantitative estimate of drug-likeness (QED) is 0.131. The van der Waals surface area contributed by atoms with Gasteiger partial charge in [0.2, 0.25) is 0 Å². The Morgan fingerprint density at radius 2 is 0.593 bits per heavy atom. The highest BCUT2D eigenvalue weighted by atomic mass is 16.5. The number of pyridine rings is 1. The van der Waals surface area contributed by atoms with Crippen molar-refractivity contribution in [3.63, 3.8) is 0 Å². The van der Waals surface area contributed by atoms with Gasteiger partial charge < -0.3 is 13.9 Å². The molecule has 0 saturated carbocycles. The van der Waals surface area contributed by atoms with Crippen LogP contribution in [0.3, 0.4) is 0 Å². The highest BCUT2D eigenvalue weighted by Gasteiger charge is 2.53. The van der Waals surface area contributed by atoms with E-state index in [4.69, 9.17) is 48.8 Å². The topological polar surface area (TPSA) is 122 Å². The molecule has 4 aliphatic rings. The second-order valence-electron chi connectivity index (χ2n) is 29.2. The Morgan fingerprint density at radius 1 is 0.212 bits per heavy atom. The Balaban J connectivity index is 0.607. The van der Waals surface area contributed by atoms with Gasteiger partial charge in [-0.3, -0.25) is 4.98 Å². The highest BCUT2D eigenvalue weighted by Crippen LogP contribution is 2.65. The summed E-state index contributed by atoms with van der Waals surface area (Å²) in [5.41, 5.74) is 27.2. The first-order valence-electron chi connectivity index (χ1n) is 38.1. The van der Waals surface area contributed by atoms with Crippen LogP contribution in [0, 0.1) is 0 Å². The third-order valence-electron chi connectivity index (χ3n) is 23.3. The SMILES string of the molecule is c1ccc(-c2nc(-c3ccc(-c4cccc5c4oc4ccccc45)cc3)nc(-c3ccccc3-c3ccc4c(c3)Oc3ccccc3C43c4ccccc4-c4c(-c5ccc(-c6nc(-c7ccccn7)nc(-c7ccccc7-c7ccc8c(c7)Oc7ccccc7C87c8ccccc8-c8ccccc87)n6)cc5)cccc43)n2)cc1. The fourth-order valence-electron chi connectivity index (χ4n) is 18.4. The van der Waals surface area contributed by atoms with E-state index >= 15 is 0 Å². The molecule has 2 aliphatic heterocycles. The van der Waals surface area contributed by atoms with Crippen molar-refractivity contribution < 1.29 is 13.9 Å². The van der Waals surface area contributed by atoms with Crippen LogP contribution in [0.25, 0.3) is 157 Å². The van der Waals surface area contributed by atoms with Gasteiger partial charge in [-0.2, -0.15) is 0 Å². The average molecular weight is 1440 g/mol. The average Bonchev–Trinajstić information content (AvgIpc) is 1.52. The fourth-order valence-corrected chi connectivity index (χ4v) is 18.4. The van der Waals surface area contributed by atoms with Crippen LogP contribution in [0.2, 0.25) is 0 Å². The molecule has 23 rings (SSSR count). The number of hydrogen-bond donors (Lipinski definition) is 0. The minimum absolute atomic E-state index is 0.467. The molecule has 0 N–H and O–H groups in total. The minimum Gasteiger partial charge on any atom is -0.457 e. The third-order valence-corrected chi connectivity index (χ3v) is 23.3. The summed E-state index contributed by atoms with van der Waals surface area (Å²) in [7, 11) is 0. The van der Waals surface area contributed by atoms with Crippen molar-refractivity contribution in [1.29, 1.82) is 0 Å². The van der Waals surface area contributed by atoms with Gasteiger partial charge in [0, 0.05) is 72.6 Å². The molecule has 0 saturated heterocycles. The summed E-state index contributed by atoms with van der Waals surface area (Å²) in [6, 6.07) is 128. The Bertz CT molecular complexity index is 7090. The van der Waals surface area contributed by atoms with Gasteiger partial charge in [-0.25, -0.2) is 29.9 Å². The number of para-hydroxylation sites is 4. The molecule has 10 nitrogen and oxygen atoms in total. The van der Waals surface area contributed by atoms with Gasteiger partial charge in [0.15, 0.2) is 34.9 Å². The van der Waals surface area contributed by atoms with E-state index in [9.17, 15) is 0 Å². The van der Waals surface area contributed by atoms with E-state index < -0.39 is 10.8 Å². The summed E-state index contributed by atoms with van der Waals surface area (Å²) in [5.74, 6) is 6.38. The third kappa shape index (κ3) is 9.76. The number of fused-ring (bicyclic) bond motifs is 21. The molecule has 0 radical (unpaired) electrons. The monoisotopic (exact) mass is 1440 g/mol. The maximum atomic E-state index is 7.20. The Morgan fingerprint density at radius 3 is 1.18 bits per heavy atom. The number of aromatic nitrogens is 7. The van der Waals surface area contributed by atoms with Crippen LogP contribution in [0.15, 0.2) is 375 Å². The number of hydrogen-bond acceptors (Lipinski definition) is 10. The summed E-state index contributed by atoms with van der Waals surface area (Å²) in [5, 5.41) is 2.18. The molecule has 2 spiro atoms. The Hall–Kier alpha value is -15.1. The van der Waals surface area contributed by atoms with Crippen molar-refractivity contribution in [3.8, 4) is 158 Å². The zero-order valence-electron chi connectivity index (χ0n) is 60.6. The molecule has 1 unspecified atom stereocenters. The molecule has 1 atom stereocenters. The summed E-state index contributed by atoms with van der Waals surface area (Å²) >= 11 is 0. The second-order valence-corrected chi connectivity index (χ2v) is 29.2. The number of nitrogens with zero attached hydrogens (tertiary/aromatic N) is 7. The smallest absolute Gasteiger partial charge is 0.182 e. The van der Waals surface area contributed by atoms with Crippen molar-refractivity contribution in [1.82, 2.24) is 34.9 Å². The van der Waals surface area contributed by atoms with E-state index in [2.05, 4.69) is 291 Å².